The average molecular weight is 138 g/mol. The molecular weight excluding hydrogens is 124 g/mol. The Bertz CT molecular complexity index is 157. The van der Waals surface area contributed by atoms with Crippen LogP contribution in [0.5, 0.6) is 0 Å². The molecule has 56 valence electrons. The molecule has 0 spiro atoms. The first-order chi connectivity index (χ1) is 4.72. The largest absolute Gasteiger partial charge is 0.387 e. The third-order valence-electron chi connectivity index (χ3n) is 1.19. The quantitative estimate of drug-likeness (QED) is 0.360. The van der Waals surface area contributed by atoms with Crippen LogP contribution in [0, 0.1) is 5.92 Å². The summed E-state index contributed by atoms with van der Waals surface area (Å²) in [5.41, 5.74) is 5.54. The van der Waals surface area contributed by atoms with Gasteiger partial charge in [-0.15, -0.1) is 6.58 Å². The smallest absolute Gasteiger partial charge is 0.106 e. The fourth-order valence-electron chi connectivity index (χ4n) is 0.399. The van der Waals surface area contributed by atoms with Crippen molar-refractivity contribution in [3.05, 3.63) is 24.9 Å². The summed E-state index contributed by atoms with van der Waals surface area (Å²) in [6, 6.07) is 0. The zero-order valence-electron chi connectivity index (χ0n) is 6.54. The molecule has 0 saturated heterocycles. The molecule has 0 aromatic rings. The van der Waals surface area contributed by atoms with E-state index in [-0.39, 0.29) is 5.92 Å². The van der Waals surface area contributed by atoms with Crippen LogP contribution in [0.1, 0.15) is 13.8 Å². The molecule has 1 atom stereocenters. The molecule has 0 radical (unpaired) electrons. The van der Waals surface area contributed by atoms with E-state index in [4.69, 9.17) is 5.73 Å². The summed E-state index contributed by atoms with van der Waals surface area (Å²) in [6.45, 7) is 7.46. The SMILES string of the molecule is C=CC(C)C(N)=N/C=C\C. The summed E-state index contributed by atoms with van der Waals surface area (Å²) in [7, 11) is 0. The fourth-order valence-corrected chi connectivity index (χ4v) is 0.399. The van der Waals surface area contributed by atoms with E-state index in [2.05, 4.69) is 11.6 Å². The zero-order valence-corrected chi connectivity index (χ0v) is 6.54. The van der Waals surface area contributed by atoms with Crippen molar-refractivity contribution in [2.24, 2.45) is 16.6 Å². The van der Waals surface area contributed by atoms with Gasteiger partial charge in [0, 0.05) is 12.1 Å². The van der Waals surface area contributed by atoms with E-state index in [0.29, 0.717) is 5.84 Å². The number of allylic oxidation sites excluding steroid dienone is 1. The second-order valence-corrected chi connectivity index (χ2v) is 2.06. The van der Waals surface area contributed by atoms with Gasteiger partial charge >= 0.3 is 0 Å². The molecule has 0 fully saturated rings. The molecule has 0 aliphatic heterocycles. The van der Waals surface area contributed by atoms with Gasteiger partial charge in [0.1, 0.15) is 5.84 Å². The molecule has 0 aromatic carbocycles. The van der Waals surface area contributed by atoms with Crippen LogP contribution in [0.2, 0.25) is 0 Å². The Morgan fingerprint density at radius 2 is 2.30 bits per heavy atom. The van der Waals surface area contributed by atoms with Crippen LogP contribution < -0.4 is 5.73 Å². The van der Waals surface area contributed by atoms with Gasteiger partial charge in [0.05, 0.1) is 0 Å². The zero-order chi connectivity index (χ0) is 7.98. The first kappa shape index (κ1) is 8.95. The van der Waals surface area contributed by atoms with Crippen molar-refractivity contribution < 1.29 is 0 Å². The van der Waals surface area contributed by atoms with Crippen molar-refractivity contribution in [3.8, 4) is 0 Å². The minimum absolute atomic E-state index is 0.163. The van der Waals surface area contributed by atoms with E-state index in [1.54, 1.807) is 12.3 Å². The van der Waals surface area contributed by atoms with E-state index < -0.39 is 0 Å². The lowest BCUT2D eigenvalue weighted by molar-refractivity contribution is 0.983. The summed E-state index contributed by atoms with van der Waals surface area (Å²) in [4.78, 5) is 3.96. The Labute approximate surface area is 62.1 Å². The van der Waals surface area contributed by atoms with Gasteiger partial charge in [0.2, 0.25) is 0 Å². The molecule has 2 nitrogen and oxygen atoms in total. The van der Waals surface area contributed by atoms with Gasteiger partial charge in [0.15, 0.2) is 0 Å². The van der Waals surface area contributed by atoms with Crippen molar-refractivity contribution in [3.63, 3.8) is 0 Å². The summed E-state index contributed by atoms with van der Waals surface area (Å²) >= 11 is 0. The topological polar surface area (TPSA) is 38.4 Å². The van der Waals surface area contributed by atoms with Crippen LogP contribution in [-0.4, -0.2) is 5.84 Å². The van der Waals surface area contributed by atoms with Crippen LogP contribution >= 0.6 is 0 Å². The highest BCUT2D eigenvalue weighted by atomic mass is 14.8. The third kappa shape index (κ3) is 3.07. The molecule has 0 aliphatic carbocycles. The Hall–Kier alpha value is -1.05. The van der Waals surface area contributed by atoms with Gasteiger partial charge in [-0.3, -0.25) is 0 Å². The monoisotopic (exact) mass is 138 g/mol. The van der Waals surface area contributed by atoms with E-state index in [9.17, 15) is 0 Å². The Morgan fingerprint density at radius 1 is 1.70 bits per heavy atom. The minimum atomic E-state index is 0.163. The fraction of sp³-hybridized carbons (Fsp3) is 0.375. The molecule has 0 heterocycles. The Morgan fingerprint density at radius 3 is 2.70 bits per heavy atom. The summed E-state index contributed by atoms with van der Waals surface area (Å²) < 4.78 is 0. The maximum atomic E-state index is 5.54. The standard InChI is InChI=1S/C8H14N2/c1-4-6-10-8(9)7(3)5-2/h4-7H,2H2,1,3H3,(H2,9,10)/b6-4-. The summed E-state index contributed by atoms with van der Waals surface area (Å²) in [5.74, 6) is 0.768. The number of hydrogen-bond acceptors (Lipinski definition) is 1. The van der Waals surface area contributed by atoms with E-state index in [1.807, 2.05) is 19.9 Å². The number of amidine groups is 1. The average Bonchev–Trinajstić information content (AvgIpc) is 1.98. The van der Waals surface area contributed by atoms with Gasteiger partial charge in [-0.05, 0) is 6.92 Å². The highest BCUT2D eigenvalue weighted by molar-refractivity contribution is 5.84. The van der Waals surface area contributed by atoms with E-state index >= 15 is 0 Å². The highest BCUT2D eigenvalue weighted by Crippen LogP contribution is 1.94. The summed E-state index contributed by atoms with van der Waals surface area (Å²) in [5, 5.41) is 0. The van der Waals surface area contributed by atoms with Gasteiger partial charge < -0.3 is 5.73 Å². The van der Waals surface area contributed by atoms with Crippen LogP contribution in [0.15, 0.2) is 29.9 Å². The van der Waals surface area contributed by atoms with Crippen molar-refractivity contribution in [1.29, 1.82) is 0 Å². The molecular formula is C8H14N2. The van der Waals surface area contributed by atoms with Gasteiger partial charge in [-0.25, -0.2) is 4.99 Å². The number of nitrogens with zero attached hydrogens (tertiary/aromatic N) is 1. The van der Waals surface area contributed by atoms with Crippen LogP contribution in [-0.2, 0) is 0 Å². The van der Waals surface area contributed by atoms with Crippen molar-refractivity contribution in [2.45, 2.75) is 13.8 Å². The first-order valence-electron chi connectivity index (χ1n) is 3.29. The Balaban J connectivity index is 4.03. The van der Waals surface area contributed by atoms with Crippen LogP contribution in [0.3, 0.4) is 0 Å². The molecule has 2 N–H and O–H groups in total. The second-order valence-electron chi connectivity index (χ2n) is 2.06. The first-order valence-corrected chi connectivity index (χ1v) is 3.29. The second kappa shape index (κ2) is 4.79. The third-order valence-corrected chi connectivity index (χ3v) is 1.19. The molecule has 2 heteroatoms. The van der Waals surface area contributed by atoms with Crippen molar-refractivity contribution in [2.75, 3.05) is 0 Å². The predicted octanol–water partition coefficient (Wildman–Crippen LogP) is 1.70. The van der Waals surface area contributed by atoms with Gasteiger partial charge in [0.25, 0.3) is 0 Å². The maximum Gasteiger partial charge on any atom is 0.106 e. The lowest BCUT2D eigenvalue weighted by Gasteiger charge is -2.01. The molecule has 0 aromatic heterocycles. The minimum Gasteiger partial charge on any atom is -0.387 e. The van der Waals surface area contributed by atoms with Crippen molar-refractivity contribution in [1.82, 2.24) is 0 Å². The van der Waals surface area contributed by atoms with Crippen molar-refractivity contribution >= 4 is 5.84 Å². The normalized spacial score (nSPS) is 15.6. The van der Waals surface area contributed by atoms with Gasteiger partial charge in [-0.1, -0.05) is 19.1 Å². The van der Waals surface area contributed by atoms with E-state index in [0.717, 1.165) is 0 Å². The molecule has 0 saturated carbocycles. The predicted molar refractivity (Wildman–Crippen MR) is 45.8 cm³/mol. The Kier molecular flexibility index (Phi) is 4.29. The highest BCUT2D eigenvalue weighted by Gasteiger charge is 1.97. The van der Waals surface area contributed by atoms with Gasteiger partial charge in [-0.2, -0.15) is 0 Å². The lowest BCUT2D eigenvalue weighted by Crippen LogP contribution is -2.18. The lowest BCUT2D eigenvalue weighted by atomic mass is 10.2. The molecule has 0 aliphatic rings. The van der Waals surface area contributed by atoms with E-state index in [1.165, 1.54) is 0 Å². The van der Waals surface area contributed by atoms with Crippen LogP contribution in [0.4, 0.5) is 0 Å². The number of hydrogen-bond donors (Lipinski definition) is 1. The maximum absolute atomic E-state index is 5.54. The summed E-state index contributed by atoms with van der Waals surface area (Å²) in [6.07, 6.45) is 5.28. The molecule has 0 amide bonds. The van der Waals surface area contributed by atoms with Crippen LogP contribution in [0.25, 0.3) is 0 Å². The molecule has 10 heavy (non-hydrogen) atoms. The number of aliphatic imine (C=N–C) groups is 1. The molecule has 1 unspecified atom stereocenters. The molecule has 0 bridgehead atoms. The number of nitrogens with two attached hydrogens (primary N) is 1. The molecule has 0 rings (SSSR count). The number of rotatable bonds is 3.